The summed E-state index contributed by atoms with van der Waals surface area (Å²) in [7, 11) is 0. The van der Waals surface area contributed by atoms with Crippen molar-refractivity contribution in [3.05, 3.63) is 66.1 Å². The van der Waals surface area contributed by atoms with Gasteiger partial charge < -0.3 is 14.0 Å². The minimum atomic E-state index is 0.576. The van der Waals surface area contributed by atoms with Crippen molar-refractivity contribution in [1.82, 2.24) is 19.9 Å². The lowest BCUT2D eigenvalue weighted by molar-refractivity contribution is 0.0581. The number of aromatic nitrogens is 2. The number of benzene rings is 2. The molecule has 0 N–H and O–H groups in total. The zero-order chi connectivity index (χ0) is 21.3. The van der Waals surface area contributed by atoms with Crippen molar-refractivity contribution in [1.29, 1.82) is 0 Å². The van der Waals surface area contributed by atoms with E-state index in [0.717, 1.165) is 56.2 Å². The van der Waals surface area contributed by atoms with Crippen molar-refractivity contribution in [2.75, 3.05) is 52.5 Å². The molecule has 1 saturated heterocycles. The van der Waals surface area contributed by atoms with E-state index in [1.54, 1.807) is 0 Å². The Labute approximate surface area is 183 Å². The third-order valence-corrected chi connectivity index (χ3v) is 5.47. The molecule has 1 fully saturated rings. The zero-order valence-corrected chi connectivity index (χ0v) is 18.1. The van der Waals surface area contributed by atoms with Crippen molar-refractivity contribution in [2.45, 2.75) is 13.5 Å². The first-order valence-corrected chi connectivity index (χ1v) is 10.9. The first kappa shape index (κ1) is 21.5. The molecule has 1 aliphatic rings. The molecule has 0 atom stereocenters. The fourth-order valence-electron chi connectivity index (χ4n) is 3.65. The average molecular weight is 423 g/mol. The first-order valence-electron chi connectivity index (χ1n) is 10.9. The van der Waals surface area contributed by atoms with Crippen LogP contribution in [0.25, 0.3) is 11.4 Å². The number of hydrogen-bond donors (Lipinski definition) is 0. The number of ether oxygens (including phenoxy) is 2. The molecule has 1 aliphatic heterocycles. The summed E-state index contributed by atoms with van der Waals surface area (Å²) in [6.45, 7) is 9.61. The maximum Gasteiger partial charge on any atom is 0.241 e. The van der Waals surface area contributed by atoms with Crippen LogP contribution >= 0.6 is 0 Å². The molecular weight excluding hydrogens is 392 g/mol. The lowest BCUT2D eigenvalue weighted by atomic mass is 10.1. The largest absolute Gasteiger partial charge is 0.491 e. The molecule has 0 saturated carbocycles. The Morgan fingerprint density at radius 2 is 1.61 bits per heavy atom. The van der Waals surface area contributed by atoms with E-state index in [1.807, 2.05) is 48.5 Å². The van der Waals surface area contributed by atoms with E-state index in [9.17, 15) is 0 Å². The van der Waals surface area contributed by atoms with E-state index < -0.39 is 0 Å². The molecule has 1 aromatic heterocycles. The highest BCUT2D eigenvalue weighted by atomic mass is 16.5. The van der Waals surface area contributed by atoms with Crippen molar-refractivity contribution >= 4 is 0 Å². The molecule has 164 valence electrons. The van der Waals surface area contributed by atoms with E-state index in [-0.39, 0.29) is 0 Å². The van der Waals surface area contributed by atoms with Gasteiger partial charge in [0.1, 0.15) is 12.4 Å². The lowest BCUT2D eigenvalue weighted by Gasteiger charge is -2.33. The Morgan fingerprint density at radius 1 is 0.871 bits per heavy atom. The molecule has 0 unspecified atom stereocenters. The summed E-state index contributed by atoms with van der Waals surface area (Å²) >= 11 is 0. The Hall–Kier alpha value is -2.74. The molecule has 4 rings (SSSR count). The van der Waals surface area contributed by atoms with Crippen LogP contribution in [-0.2, 0) is 11.3 Å². The van der Waals surface area contributed by atoms with Gasteiger partial charge in [-0.2, -0.15) is 4.98 Å². The quantitative estimate of drug-likeness (QED) is 0.465. The van der Waals surface area contributed by atoms with Crippen molar-refractivity contribution in [2.24, 2.45) is 0 Å². The van der Waals surface area contributed by atoms with Gasteiger partial charge in [0.25, 0.3) is 0 Å². The third-order valence-electron chi connectivity index (χ3n) is 5.47. The van der Waals surface area contributed by atoms with Crippen LogP contribution < -0.4 is 4.74 Å². The molecule has 0 radical (unpaired) electrons. The van der Waals surface area contributed by atoms with Crippen molar-refractivity contribution in [3.63, 3.8) is 0 Å². The van der Waals surface area contributed by atoms with Gasteiger partial charge in [-0.1, -0.05) is 47.6 Å². The maximum atomic E-state index is 5.72. The highest BCUT2D eigenvalue weighted by molar-refractivity contribution is 5.58. The molecule has 2 aromatic carbocycles. The van der Waals surface area contributed by atoms with Gasteiger partial charge in [0.2, 0.25) is 11.7 Å². The topological polar surface area (TPSA) is 63.9 Å². The fourth-order valence-corrected chi connectivity index (χ4v) is 3.65. The van der Waals surface area contributed by atoms with Crippen molar-refractivity contribution in [3.8, 4) is 17.1 Å². The van der Waals surface area contributed by atoms with Crippen LogP contribution in [0.15, 0.2) is 59.1 Å². The summed E-state index contributed by atoms with van der Waals surface area (Å²) < 4.78 is 16.9. The molecular formula is C24H30N4O3. The van der Waals surface area contributed by atoms with Gasteiger partial charge in [-0.25, -0.2) is 0 Å². The summed E-state index contributed by atoms with van der Waals surface area (Å²) in [5.41, 5.74) is 2.17. The second-order valence-corrected chi connectivity index (χ2v) is 7.72. The Bertz CT molecular complexity index is 923. The van der Waals surface area contributed by atoms with E-state index in [2.05, 4.69) is 32.9 Å². The highest BCUT2D eigenvalue weighted by Gasteiger charge is 2.19. The highest BCUT2D eigenvalue weighted by Crippen LogP contribution is 2.20. The van der Waals surface area contributed by atoms with Crippen LogP contribution in [0.2, 0.25) is 0 Å². The number of nitrogens with zero attached hydrogens (tertiary/aromatic N) is 4. The van der Waals surface area contributed by atoms with Gasteiger partial charge in [-0.3, -0.25) is 9.80 Å². The van der Waals surface area contributed by atoms with Crippen LogP contribution in [0.5, 0.6) is 5.75 Å². The molecule has 0 bridgehead atoms. The standard InChI is InChI=1S/C24H30N4O3/c1-20-7-5-6-10-22(20)24-25-23(31-26-24)19-28-13-11-27(12-14-28)15-16-29-17-18-30-21-8-3-2-4-9-21/h2-10H,11-19H2,1H3. The number of piperazine rings is 1. The zero-order valence-electron chi connectivity index (χ0n) is 18.1. The second-order valence-electron chi connectivity index (χ2n) is 7.72. The van der Waals surface area contributed by atoms with Crippen LogP contribution in [0.4, 0.5) is 0 Å². The lowest BCUT2D eigenvalue weighted by Crippen LogP contribution is -2.46. The number of hydrogen-bond acceptors (Lipinski definition) is 7. The minimum absolute atomic E-state index is 0.576. The summed E-state index contributed by atoms with van der Waals surface area (Å²) in [6.07, 6.45) is 0. The molecule has 0 spiro atoms. The van der Waals surface area contributed by atoms with Crippen molar-refractivity contribution < 1.29 is 14.0 Å². The molecule has 7 nitrogen and oxygen atoms in total. The van der Waals surface area contributed by atoms with Crippen LogP contribution in [0, 0.1) is 6.92 Å². The predicted molar refractivity (Wildman–Crippen MR) is 119 cm³/mol. The van der Waals surface area contributed by atoms with Crippen LogP contribution in [0.3, 0.4) is 0 Å². The van der Waals surface area contributed by atoms with E-state index in [1.165, 1.54) is 0 Å². The maximum absolute atomic E-state index is 5.72. The summed E-state index contributed by atoms with van der Waals surface area (Å²) in [4.78, 5) is 9.38. The van der Waals surface area contributed by atoms with E-state index in [4.69, 9.17) is 14.0 Å². The smallest absolute Gasteiger partial charge is 0.241 e. The average Bonchev–Trinajstić information content (AvgIpc) is 3.26. The first-order chi connectivity index (χ1) is 15.3. The van der Waals surface area contributed by atoms with Gasteiger partial charge >= 0.3 is 0 Å². The Morgan fingerprint density at radius 3 is 2.42 bits per heavy atom. The number of aryl methyl sites for hydroxylation is 1. The van der Waals surface area contributed by atoms with E-state index >= 15 is 0 Å². The number of para-hydroxylation sites is 1. The SMILES string of the molecule is Cc1ccccc1-c1noc(CN2CCN(CCOCCOc3ccccc3)CC2)n1. The minimum Gasteiger partial charge on any atom is -0.491 e. The van der Waals surface area contributed by atoms with Gasteiger partial charge in [-0.15, -0.1) is 0 Å². The molecule has 0 amide bonds. The molecule has 2 heterocycles. The monoisotopic (exact) mass is 422 g/mol. The second kappa shape index (κ2) is 11.0. The summed E-state index contributed by atoms with van der Waals surface area (Å²) in [6, 6.07) is 17.9. The van der Waals surface area contributed by atoms with Gasteiger partial charge in [0.15, 0.2) is 0 Å². The van der Waals surface area contributed by atoms with Gasteiger partial charge in [0.05, 0.1) is 19.8 Å². The van der Waals surface area contributed by atoms with Gasteiger partial charge in [-0.05, 0) is 24.6 Å². The molecule has 31 heavy (non-hydrogen) atoms. The summed E-state index contributed by atoms with van der Waals surface area (Å²) in [5, 5.41) is 4.16. The number of rotatable bonds is 10. The molecule has 7 heteroatoms. The van der Waals surface area contributed by atoms with Crippen LogP contribution in [-0.4, -0.2) is 72.5 Å². The fraction of sp³-hybridized carbons (Fsp3) is 0.417. The predicted octanol–water partition coefficient (Wildman–Crippen LogP) is 3.26. The Balaban J connectivity index is 1.11. The van der Waals surface area contributed by atoms with Gasteiger partial charge in [0, 0.05) is 38.3 Å². The molecule has 3 aromatic rings. The third kappa shape index (κ3) is 6.37. The normalized spacial score (nSPS) is 15.3. The summed E-state index contributed by atoms with van der Waals surface area (Å²) in [5.74, 6) is 2.23. The Kier molecular flexibility index (Phi) is 7.65. The van der Waals surface area contributed by atoms with Crippen LogP contribution in [0.1, 0.15) is 11.5 Å². The van der Waals surface area contributed by atoms with E-state index in [0.29, 0.717) is 31.5 Å². The molecule has 0 aliphatic carbocycles.